The maximum atomic E-state index is 8.66. The van der Waals surface area contributed by atoms with E-state index >= 15 is 0 Å². The minimum atomic E-state index is 0.0191. The van der Waals surface area contributed by atoms with Gasteiger partial charge >= 0.3 is 0 Å². The summed E-state index contributed by atoms with van der Waals surface area (Å²) in [6.07, 6.45) is 4.00. The Morgan fingerprint density at radius 1 is 1.03 bits per heavy atom. The molecular formula is C21H29ClN6O4. The average Bonchev–Trinajstić information content (AvgIpc) is 3.07. The second-order valence-electron chi connectivity index (χ2n) is 7.78. The van der Waals surface area contributed by atoms with Crippen molar-refractivity contribution in [2.24, 2.45) is 0 Å². The van der Waals surface area contributed by atoms with Crippen LogP contribution in [-0.2, 0) is 9.47 Å². The Morgan fingerprint density at radius 3 is 2.50 bits per heavy atom. The van der Waals surface area contributed by atoms with Crippen molar-refractivity contribution in [1.82, 2.24) is 15.2 Å². The lowest BCUT2D eigenvalue weighted by Crippen LogP contribution is -2.54. The maximum Gasteiger partial charge on any atom is 0.215 e. The van der Waals surface area contributed by atoms with Gasteiger partial charge in [-0.3, -0.25) is 0 Å². The van der Waals surface area contributed by atoms with Crippen LogP contribution in [0.4, 0.5) is 17.2 Å². The van der Waals surface area contributed by atoms with E-state index in [0.717, 1.165) is 37.3 Å². The minimum Gasteiger partial charge on any atom is -0.475 e. The van der Waals surface area contributed by atoms with Gasteiger partial charge in [-0.05, 0) is 18.9 Å². The van der Waals surface area contributed by atoms with Crippen LogP contribution < -0.4 is 20.3 Å². The van der Waals surface area contributed by atoms with Crippen molar-refractivity contribution in [2.75, 3.05) is 68.3 Å². The van der Waals surface area contributed by atoms with Crippen LogP contribution in [0, 0.1) is 0 Å². The fraction of sp³-hybridized carbons (Fsp3) is 0.571. The van der Waals surface area contributed by atoms with Crippen LogP contribution in [0.2, 0.25) is 5.15 Å². The molecule has 2 saturated heterocycles. The number of fused-ring (bicyclic) bond motifs is 2. The molecule has 0 aromatic carbocycles. The summed E-state index contributed by atoms with van der Waals surface area (Å²) in [5, 5.41) is 16.8. The van der Waals surface area contributed by atoms with Crippen molar-refractivity contribution >= 4 is 28.8 Å². The maximum absolute atomic E-state index is 8.66. The summed E-state index contributed by atoms with van der Waals surface area (Å²) >= 11 is 6.04. The van der Waals surface area contributed by atoms with E-state index in [4.69, 9.17) is 36.7 Å². The summed E-state index contributed by atoms with van der Waals surface area (Å²) in [7, 11) is 0. The molecule has 174 valence electrons. The van der Waals surface area contributed by atoms with Crippen LogP contribution in [0.1, 0.15) is 12.8 Å². The highest BCUT2D eigenvalue weighted by Crippen LogP contribution is 2.38. The van der Waals surface area contributed by atoms with Gasteiger partial charge in [0.25, 0.3) is 0 Å². The highest BCUT2D eigenvalue weighted by Gasteiger charge is 2.40. The number of aliphatic hydroxyl groups is 1. The zero-order chi connectivity index (χ0) is 22.3. The third-order valence-electron chi connectivity index (χ3n) is 5.70. The number of pyridine rings is 1. The molecule has 2 aromatic heterocycles. The summed E-state index contributed by atoms with van der Waals surface area (Å²) in [4.78, 5) is 9.06. The Kier molecular flexibility index (Phi) is 7.80. The zero-order valence-electron chi connectivity index (χ0n) is 17.9. The van der Waals surface area contributed by atoms with E-state index in [1.165, 1.54) is 0 Å². The van der Waals surface area contributed by atoms with Gasteiger partial charge in [0.1, 0.15) is 6.61 Å². The fourth-order valence-corrected chi connectivity index (χ4v) is 4.51. The van der Waals surface area contributed by atoms with Gasteiger partial charge in [-0.2, -0.15) is 0 Å². The zero-order valence-corrected chi connectivity index (χ0v) is 18.7. The van der Waals surface area contributed by atoms with E-state index in [1.54, 1.807) is 12.3 Å². The topological polar surface area (TPSA) is 119 Å². The second-order valence-corrected chi connectivity index (χ2v) is 8.17. The van der Waals surface area contributed by atoms with E-state index in [0.29, 0.717) is 62.0 Å². The van der Waals surface area contributed by atoms with Crippen molar-refractivity contribution in [3.05, 3.63) is 29.5 Å². The van der Waals surface area contributed by atoms with Gasteiger partial charge in [0, 0.05) is 49.2 Å². The predicted molar refractivity (Wildman–Crippen MR) is 121 cm³/mol. The molecule has 2 aliphatic heterocycles. The van der Waals surface area contributed by atoms with Crippen molar-refractivity contribution in [3.63, 3.8) is 0 Å². The third-order valence-corrected chi connectivity index (χ3v) is 5.88. The van der Waals surface area contributed by atoms with Gasteiger partial charge in [0.15, 0.2) is 11.0 Å². The largest absolute Gasteiger partial charge is 0.475 e. The molecule has 2 aromatic rings. The Morgan fingerprint density at radius 2 is 1.75 bits per heavy atom. The highest BCUT2D eigenvalue weighted by atomic mass is 35.5. The molecule has 2 fully saturated rings. The summed E-state index contributed by atoms with van der Waals surface area (Å²) in [6.45, 7) is 3.80. The molecule has 0 radical (unpaired) electrons. The van der Waals surface area contributed by atoms with Gasteiger partial charge in [-0.15, -0.1) is 10.2 Å². The first-order valence-corrected chi connectivity index (χ1v) is 11.2. The minimum absolute atomic E-state index is 0.0191. The van der Waals surface area contributed by atoms with Crippen molar-refractivity contribution < 1.29 is 19.3 Å². The number of hydrogen-bond donors (Lipinski definition) is 2. The molecule has 0 saturated carbocycles. The molecule has 10 nitrogen and oxygen atoms in total. The lowest BCUT2D eigenvalue weighted by molar-refractivity contribution is 0.0243. The molecule has 2 atom stereocenters. The lowest BCUT2D eigenvalue weighted by Gasteiger charge is -2.43. The van der Waals surface area contributed by atoms with Crippen LogP contribution in [0.5, 0.6) is 5.88 Å². The Hall–Kier alpha value is -2.40. The summed E-state index contributed by atoms with van der Waals surface area (Å²) < 4.78 is 16.4. The Balaban J connectivity index is 1.32. The number of aliphatic hydroxyl groups excluding tert-OH is 1. The standard InChI is InChI=1S/C21H29ClN6O4/c22-19-12-18(21(23)26-25-19)27-13-16-1-2-17(14-27)28(16)15-3-4-24-20(11-15)32-10-9-31-8-7-30-6-5-29/h3-4,11-12,16-17,29H,1-2,5-10,13-14H2,(H2,23,26). The first-order chi connectivity index (χ1) is 15.7. The van der Waals surface area contributed by atoms with Gasteiger partial charge in [0.05, 0.1) is 38.7 Å². The number of nitrogens with zero attached hydrogens (tertiary/aromatic N) is 5. The third kappa shape index (κ3) is 5.50. The number of ether oxygens (including phenoxy) is 3. The van der Waals surface area contributed by atoms with Crippen molar-refractivity contribution in [2.45, 2.75) is 24.9 Å². The molecule has 0 aliphatic carbocycles. The second kappa shape index (κ2) is 11.0. The molecule has 2 bridgehead atoms. The molecule has 32 heavy (non-hydrogen) atoms. The number of hydrogen-bond acceptors (Lipinski definition) is 10. The number of piperazine rings is 1. The lowest BCUT2D eigenvalue weighted by atomic mass is 10.1. The van der Waals surface area contributed by atoms with Crippen molar-refractivity contribution in [3.8, 4) is 5.88 Å². The van der Waals surface area contributed by atoms with Crippen LogP contribution in [0.15, 0.2) is 24.4 Å². The van der Waals surface area contributed by atoms with E-state index in [9.17, 15) is 0 Å². The van der Waals surface area contributed by atoms with Gasteiger partial charge in [0.2, 0.25) is 5.88 Å². The van der Waals surface area contributed by atoms with E-state index < -0.39 is 0 Å². The number of rotatable bonds is 11. The fourth-order valence-electron chi connectivity index (χ4n) is 4.37. The number of nitrogen functional groups attached to an aromatic ring is 1. The Labute approximate surface area is 192 Å². The number of anilines is 3. The SMILES string of the molecule is Nc1nnc(Cl)cc1N1CC2CCC(C1)N2c1ccnc(OCCOCCOCCO)c1. The van der Waals surface area contributed by atoms with Gasteiger partial charge in [-0.1, -0.05) is 11.6 Å². The molecule has 2 aliphatic rings. The molecular weight excluding hydrogens is 436 g/mol. The first kappa shape index (κ1) is 22.8. The smallest absolute Gasteiger partial charge is 0.215 e. The van der Waals surface area contributed by atoms with Crippen LogP contribution in [0.3, 0.4) is 0 Å². The molecule has 4 heterocycles. The number of halogens is 1. The number of nitrogens with two attached hydrogens (primary N) is 1. The normalized spacial score (nSPS) is 20.1. The summed E-state index contributed by atoms with van der Waals surface area (Å²) in [5.74, 6) is 0.989. The monoisotopic (exact) mass is 464 g/mol. The van der Waals surface area contributed by atoms with Crippen LogP contribution >= 0.6 is 11.6 Å². The van der Waals surface area contributed by atoms with Crippen LogP contribution in [0.25, 0.3) is 0 Å². The first-order valence-electron chi connectivity index (χ1n) is 10.8. The van der Waals surface area contributed by atoms with E-state index in [-0.39, 0.29) is 6.61 Å². The van der Waals surface area contributed by atoms with Gasteiger partial charge < -0.3 is 34.9 Å². The molecule has 3 N–H and O–H groups in total. The molecule has 0 amide bonds. The predicted octanol–water partition coefficient (Wildman–Crippen LogP) is 1.37. The molecule has 0 spiro atoms. The molecule has 4 rings (SSSR count). The Bertz CT molecular complexity index is 877. The van der Waals surface area contributed by atoms with E-state index in [1.807, 2.05) is 12.1 Å². The number of aromatic nitrogens is 3. The highest BCUT2D eigenvalue weighted by molar-refractivity contribution is 6.29. The molecule has 2 unspecified atom stereocenters. The summed E-state index contributed by atoms with van der Waals surface area (Å²) in [5.41, 5.74) is 8.02. The van der Waals surface area contributed by atoms with E-state index in [2.05, 4.69) is 25.0 Å². The van der Waals surface area contributed by atoms with Crippen molar-refractivity contribution in [1.29, 1.82) is 0 Å². The quantitative estimate of drug-likeness (QED) is 0.472. The molecule has 11 heteroatoms. The van der Waals surface area contributed by atoms with Crippen LogP contribution in [-0.4, -0.2) is 85.1 Å². The summed E-state index contributed by atoms with van der Waals surface area (Å²) in [6, 6.07) is 6.53. The van der Waals surface area contributed by atoms with Gasteiger partial charge in [-0.25, -0.2) is 4.98 Å². The average molecular weight is 465 g/mol.